The van der Waals surface area contributed by atoms with Crippen LogP contribution in [-0.2, 0) is 19.3 Å². The predicted molar refractivity (Wildman–Crippen MR) is 113 cm³/mol. The molecule has 0 radical (unpaired) electrons. The number of nitrogens with one attached hydrogen (secondary N) is 1. The van der Waals surface area contributed by atoms with Crippen LogP contribution in [0.3, 0.4) is 0 Å². The van der Waals surface area contributed by atoms with Crippen molar-refractivity contribution in [1.82, 2.24) is 0 Å². The lowest BCUT2D eigenvalue weighted by Gasteiger charge is -2.31. The molecular formula is C20H23ClN2O5S. The van der Waals surface area contributed by atoms with E-state index >= 15 is 0 Å². The number of sulfone groups is 1. The smallest absolute Gasteiger partial charge is 0.255 e. The van der Waals surface area contributed by atoms with Gasteiger partial charge >= 0.3 is 0 Å². The second-order valence-corrected chi connectivity index (χ2v) is 9.04. The number of para-hydroxylation sites is 1. The number of hydrogen-bond acceptors (Lipinski definition) is 6. The average molecular weight is 439 g/mol. The number of halogens is 1. The molecule has 0 atom stereocenters. The van der Waals surface area contributed by atoms with Gasteiger partial charge in [-0.2, -0.15) is 0 Å². The van der Waals surface area contributed by atoms with E-state index in [0.29, 0.717) is 42.6 Å². The molecule has 1 N–H and O–H groups in total. The Kier molecular flexibility index (Phi) is 7.13. The molecule has 29 heavy (non-hydrogen) atoms. The third-order valence-corrected chi connectivity index (χ3v) is 6.59. The van der Waals surface area contributed by atoms with E-state index in [-0.39, 0.29) is 23.2 Å². The number of hydrogen-bond donors (Lipinski definition) is 1. The number of carbonyl (C=O) groups excluding carboxylic acids is 1. The lowest BCUT2D eigenvalue weighted by molar-refractivity contribution is 0.102. The van der Waals surface area contributed by atoms with Gasteiger partial charge < -0.3 is 19.7 Å². The van der Waals surface area contributed by atoms with Crippen LogP contribution in [0.15, 0.2) is 47.4 Å². The molecule has 156 valence electrons. The van der Waals surface area contributed by atoms with Gasteiger partial charge in [0.2, 0.25) is 0 Å². The van der Waals surface area contributed by atoms with Crippen molar-refractivity contribution in [2.45, 2.75) is 4.90 Å². The van der Waals surface area contributed by atoms with Crippen LogP contribution in [0.5, 0.6) is 0 Å². The number of carbonyl (C=O) groups is 1. The quantitative estimate of drug-likeness (QED) is 0.715. The van der Waals surface area contributed by atoms with Crippen molar-refractivity contribution < 1.29 is 22.7 Å². The van der Waals surface area contributed by atoms with Gasteiger partial charge in [-0.05, 0) is 36.4 Å². The average Bonchev–Trinajstić information content (AvgIpc) is 2.73. The molecule has 2 aromatic rings. The highest BCUT2D eigenvalue weighted by molar-refractivity contribution is 7.91. The van der Waals surface area contributed by atoms with E-state index in [9.17, 15) is 13.2 Å². The minimum atomic E-state index is -3.44. The largest absolute Gasteiger partial charge is 0.384 e. The van der Waals surface area contributed by atoms with E-state index < -0.39 is 9.84 Å². The van der Waals surface area contributed by atoms with Crippen molar-refractivity contribution in [3.05, 3.63) is 53.1 Å². The van der Waals surface area contributed by atoms with Crippen molar-refractivity contribution in [2.24, 2.45) is 0 Å². The number of benzene rings is 2. The molecule has 7 nitrogen and oxygen atoms in total. The normalized spacial score (nSPS) is 14.6. The van der Waals surface area contributed by atoms with Crippen LogP contribution in [0.1, 0.15) is 10.4 Å². The van der Waals surface area contributed by atoms with Crippen molar-refractivity contribution in [2.75, 3.05) is 56.0 Å². The SMILES string of the molecule is COCCS(=O)(=O)c1ccc(C(=O)Nc2cccc(Cl)c2N2CCOCC2)cc1. The minimum Gasteiger partial charge on any atom is -0.384 e. The van der Waals surface area contributed by atoms with E-state index in [0.717, 1.165) is 5.69 Å². The first kappa shape index (κ1) is 21.6. The summed E-state index contributed by atoms with van der Waals surface area (Å²) in [6.45, 7) is 2.67. The Morgan fingerprint density at radius 1 is 1.17 bits per heavy atom. The molecule has 3 rings (SSSR count). The highest BCUT2D eigenvalue weighted by Gasteiger charge is 2.20. The zero-order valence-electron chi connectivity index (χ0n) is 16.1. The van der Waals surface area contributed by atoms with E-state index in [4.69, 9.17) is 21.1 Å². The number of anilines is 2. The van der Waals surface area contributed by atoms with Gasteiger partial charge in [0.05, 0.1) is 46.9 Å². The van der Waals surface area contributed by atoms with Gasteiger partial charge in [-0.15, -0.1) is 0 Å². The maximum Gasteiger partial charge on any atom is 0.255 e. The Balaban J connectivity index is 1.78. The van der Waals surface area contributed by atoms with Crippen molar-refractivity contribution >= 4 is 38.7 Å². The lowest BCUT2D eigenvalue weighted by atomic mass is 10.2. The predicted octanol–water partition coefficient (Wildman–Crippen LogP) is 2.85. The third kappa shape index (κ3) is 5.27. The fraction of sp³-hybridized carbons (Fsp3) is 0.350. The van der Waals surface area contributed by atoms with E-state index in [1.54, 1.807) is 18.2 Å². The van der Waals surface area contributed by atoms with Gasteiger partial charge in [0.15, 0.2) is 9.84 Å². The first-order chi connectivity index (χ1) is 13.9. The van der Waals surface area contributed by atoms with Crippen LogP contribution in [0, 0.1) is 0 Å². The third-order valence-electron chi connectivity index (χ3n) is 4.59. The molecule has 0 unspecified atom stereocenters. The van der Waals surface area contributed by atoms with Crippen LogP contribution >= 0.6 is 11.6 Å². The topological polar surface area (TPSA) is 84.9 Å². The van der Waals surface area contributed by atoms with Crippen LogP contribution in [0.2, 0.25) is 5.02 Å². The summed E-state index contributed by atoms with van der Waals surface area (Å²) < 4.78 is 34.6. The molecule has 0 bridgehead atoms. The fourth-order valence-electron chi connectivity index (χ4n) is 3.04. The number of amides is 1. The Morgan fingerprint density at radius 2 is 1.86 bits per heavy atom. The monoisotopic (exact) mass is 438 g/mol. The van der Waals surface area contributed by atoms with Crippen LogP contribution in [0.25, 0.3) is 0 Å². The van der Waals surface area contributed by atoms with Crippen LogP contribution < -0.4 is 10.2 Å². The first-order valence-corrected chi connectivity index (χ1v) is 11.2. The summed E-state index contributed by atoms with van der Waals surface area (Å²) >= 11 is 6.39. The Hall–Kier alpha value is -2.13. The van der Waals surface area contributed by atoms with E-state index in [2.05, 4.69) is 10.2 Å². The maximum absolute atomic E-state index is 12.7. The lowest BCUT2D eigenvalue weighted by Crippen LogP contribution is -2.37. The van der Waals surface area contributed by atoms with Gasteiger partial charge in [-0.1, -0.05) is 17.7 Å². The van der Waals surface area contributed by atoms with E-state index in [1.165, 1.54) is 31.4 Å². The number of morpholine rings is 1. The van der Waals surface area contributed by atoms with Gasteiger partial charge in [0.25, 0.3) is 5.91 Å². The fourth-order valence-corrected chi connectivity index (χ4v) is 4.51. The maximum atomic E-state index is 12.7. The van der Waals surface area contributed by atoms with Gasteiger partial charge in [-0.3, -0.25) is 4.79 Å². The zero-order valence-corrected chi connectivity index (χ0v) is 17.6. The molecule has 2 aromatic carbocycles. The Bertz CT molecular complexity index is 957. The summed E-state index contributed by atoms with van der Waals surface area (Å²) in [5.41, 5.74) is 1.70. The molecule has 1 saturated heterocycles. The van der Waals surface area contributed by atoms with Crippen molar-refractivity contribution in [3.63, 3.8) is 0 Å². The van der Waals surface area contributed by atoms with Gasteiger partial charge in [0, 0.05) is 25.8 Å². The standard InChI is InChI=1S/C20H23ClN2O5S/c1-27-13-14-29(25,26)16-7-5-15(6-8-16)20(24)22-18-4-2-3-17(21)19(18)23-9-11-28-12-10-23/h2-8H,9-14H2,1H3,(H,22,24). The molecule has 1 aliphatic heterocycles. The van der Waals surface area contributed by atoms with E-state index in [1.807, 2.05) is 0 Å². The molecule has 0 spiro atoms. The summed E-state index contributed by atoms with van der Waals surface area (Å²) in [5.74, 6) is -0.455. The highest BCUT2D eigenvalue weighted by atomic mass is 35.5. The minimum absolute atomic E-state index is 0.111. The molecule has 0 aromatic heterocycles. The second-order valence-electron chi connectivity index (χ2n) is 6.53. The highest BCUT2D eigenvalue weighted by Crippen LogP contribution is 2.34. The molecule has 0 saturated carbocycles. The number of methoxy groups -OCH3 is 1. The second kappa shape index (κ2) is 9.58. The molecule has 9 heteroatoms. The summed E-state index contributed by atoms with van der Waals surface area (Å²) in [5, 5.41) is 3.43. The van der Waals surface area contributed by atoms with Gasteiger partial charge in [-0.25, -0.2) is 8.42 Å². The summed E-state index contributed by atoms with van der Waals surface area (Å²) in [6.07, 6.45) is 0. The number of rotatable bonds is 7. The molecule has 1 amide bonds. The number of ether oxygens (including phenoxy) is 2. The first-order valence-electron chi connectivity index (χ1n) is 9.16. The summed E-state index contributed by atoms with van der Waals surface area (Å²) in [6, 6.07) is 11.2. The molecule has 1 fully saturated rings. The summed E-state index contributed by atoms with van der Waals surface area (Å²) in [7, 11) is -1.99. The Labute approximate surface area is 175 Å². The van der Waals surface area contributed by atoms with Crippen molar-refractivity contribution in [3.8, 4) is 0 Å². The molecule has 0 aliphatic carbocycles. The Morgan fingerprint density at radius 3 is 2.52 bits per heavy atom. The molecule has 1 aliphatic rings. The molecular weight excluding hydrogens is 416 g/mol. The molecule has 1 heterocycles. The van der Waals surface area contributed by atoms with Gasteiger partial charge in [0.1, 0.15) is 0 Å². The zero-order chi connectivity index (χ0) is 20.9. The number of nitrogens with zero attached hydrogens (tertiary/aromatic N) is 1. The van der Waals surface area contributed by atoms with Crippen LogP contribution in [0.4, 0.5) is 11.4 Å². The summed E-state index contributed by atoms with van der Waals surface area (Å²) in [4.78, 5) is 15.0. The van der Waals surface area contributed by atoms with Crippen LogP contribution in [-0.4, -0.2) is 60.1 Å². The van der Waals surface area contributed by atoms with Crippen molar-refractivity contribution in [1.29, 1.82) is 0 Å².